The predicted octanol–water partition coefficient (Wildman–Crippen LogP) is 2.05. The minimum absolute atomic E-state index is 0.0926. The van der Waals surface area contributed by atoms with Crippen LogP contribution in [-0.4, -0.2) is 37.0 Å². The predicted molar refractivity (Wildman–Crippen MR) is 95.6 cm³/mol. The Morgan fingerprint density at radius 1 is 1.08 bits per heavy atom. The van der Waals surface area contributed by atoms with Crippen molar-refractivity contribution in [3.8, 4) is 0 Å². The fourth-order valence-corrected chi connectivity index (χ4v) is 3.93. The second-order valence-corrected chi connectivity index (χ2v) is 7.06. The van der Waals surface area contributed by atoms with Crippen molar-refractivity contribution in [1.29, 1.82) is 0 Å². The zero-order valence-corrected chi connectivity index (χ0v) is 14.5. The molecule has 0 radical (unpaired) electrons. The van der Waals surface area contributed by atoms with Crippen molar-refractivity contribution in [1.82, 2.24) is 5.32 Å². The van der Waals surface area contributed by atoms with Gasteiger partial charge >= 0.3 is 0 Å². The number of amides is 3. The Kier molecular flexibility index (Phi) is 4.59. The molecule has 4 rings (SSSR count). The molecule has 1 aromatic carbocycles. The summed E-state index contributed by atoms with van der Waals surface area (Å²) in [7, 11) is 0. The molecule has 2 aliphatic heterocycles. The molecule has 2 saturated heterocycles. The number of allylic oxidation sites excluding steroid dienone is 2. The number of carbonyl (C=O) groups excluding carboxylic acids is 3. The number of rotatable bonds is 4. The quantitative estimate of drug-likeness (QED) is 0.663. The van der Waals surface area contributed by atoms with Crippen LogP contribution in [0.5, 0.6) is 0 Å². The zero-order valence-electron chi connectivity index (χ0n) is 14.5. The monoisotopic (exact) mass is 354 g/mol. The number of nitrogens with one attached hydrogen (secondary N) is 1. The van der Waals surface area contributed by atoms with E-state index in [1.165, 1.54) is 4.90 Å². The second kappa shape index (κ2) is 7.03. The summed E-state index contributed by atoms with van der Waals surface area (Å²) >= 11 is 0. The van der Waals surface area contributed by atoms with E-state index in [1.807, 2.05) is 12.2 Å². The normalized spacial score (nSPS) is 27.7. The molecule has 1 aromatic rings. The third-order valence-corrected chi connectivity index (χ3v) is 5.41. The largest absolute Gasteiger partial charge is 0.376 e. The van der Waals surface area contributed by atoms with E-state index >= 15 is 0 Å². The molecule has 0 bridgehead atoms. The molecular formula is C20H22N2O4. The smallest absolute Gasteiger partial charge is 0.251 e. The van der Waals surface area contributed by atoms with Crippen LogP contribution in [0.4, 0.5) is 5.69 Å². The third-order valence-electron chi connectivity index (χ3n) is 5.41. The van der Waals surface area contributed by atoms with Crippen molar-refractivity contribution in [3.05, 3.63) is 42.0 Å². The number of benzene rings is 1. The molecule has 2 fully saturated rings. The topological polar surface area (TPSA) is 75.7 Å². The highest BCUT2D eigenvalue weighted by atomic mass is 16.5. The number of anilines is 1. The summed E-state index contributed by atoms with van der Waals surface area (Å²) in [6.07, 6.45) is 7.27. The Morgan fingerprint density at radius 3 is 2.31 bits per heavy atom. The molecule has 6 heteroatoms. The molecule has 2 heterocycles. The third kappa shape index (κ3) is 3.05. The maximum absolute atomic E-state index is 12.6. The van der Waals surface area contributed by atoms with Crippen molar-refractivity contribution in [2.75, 3.05) is 18.1 Å². The van der Waals surface area contributed by atoms with E-state index in [1.54, 1.807) is 24.3 Å². The summed E-state index contributed by atoms with van der Waals surface area (Å²) < 4.78 is 5.49. The van der Waals surface area contributed by atoms with Gasteiger partial charge in [0, 0.05) is 18.7 Å². The van der Waals surface area contributed by atoms with Gasteiger partial charge in [0.15, 0.2) is 0 Å². The van der Waals surface area contributed by atoms with Gasteiger partial charge in [0.05, 0.1) is 23.6 Å². The van der Waals surface area contributed by atoms with E-state index in [-0.39, 0.29) is 35.7 Å². The molecule has 3 atom stereocenters. The summed E-state index contributed by atoms with van der Waals surface area (Å²) in [6, 6.07) is 6.64. The SMILES string of the molecule is O=C(NC[C@@H]1CCCO1)c1ccc(N2C(=O)[C@H]3CC=CC[C@H]3C2=O)cc1. The Hall–Kier alpha value is -2.47. The van der Waals surface area contributed by atoms with Crippen LogP contribution in [0.25, 0.3) is 0 Å². The van der Waals surface area contributed by atoms with Gasteiger partial charge in [0.2, 0.25) is 11.8 Å². The van der Waals surface area contributed by atoms with Crippen LogP contribution in [0, 0.1) is 11.8 Å². The minimum atomic E-state index is -0.248. The number of fused-ring (bicyclic) bond motifs is 1. The summed E-state index contributed by atoms with van der Waals surface area (Å²) in [5, 5.41) is 2.87. The summed E-state index contributed by atoms with van der Waals surface area (Å²) in [4.78, 5) is 38.7. The van der Waals surface area contributed by atoms with E-state index in [0.717, 1.165) is 19.4 Å². The summed E-state index contributed by atoms with van der Waals surface area (Å²) in [5.74, 6) is -0.951. The molecule has 0 saturated carbocycles. The van der Waals surface area contributed by atoms with Crippen LogP contribution in [0.1, 0.15) is 36.0 Å². The van der Waals surface area contributed by atoms with Crippen molar-refractivity contribution >= 4 is 23.4 Å². The van der Waals surface area contributed by atoms with Gasteiger partial charge in [-0.3, -0.25) is 19.3 Å². The first-order chi connectivity index (χ1) is 12.6. The first kappa shape index (κ1) is 17.0. The fourth-order valence-electron chi connectivity index (χ4n) is 3.93. The minimum Gasteiger partial charge on any atom is -0.376 e. The Labute approximate surface area is 152 Å². The molecule has 0 unspecified atom stereocenters. The highest BCUT2D eigenvalue weighted by Gasteiger charge is 2.47. The highest BCUT2D eigenvalue weighted by Crippen LogP contribution is 2.37. The fraction of sp³-hybridized carbons (Fsp3) is 0.450. The molecule has 136 valence electrons. The van der Waals surface area contributed by atoms with E-state index in [9.17, 15) is 14.4 Å². The summed E-state index contributed by atoms with van der Waals surface area (Å²) in [6.45, 7) is 1.25. The zero-order chi connectivity index (χ0) is 18.1. The lowest BCUT2D eigenvalue weighted by Crippen LogP contribution is -2.32. The molecule has 1 aliphatic carbocycles. The van der Waals surface area contributed by atoms with Crippen molar-refractivity contribution in [2.24, 2.45) is 11.8 Å². The van der Waals surface area contributed by atoms with E-state index < -0.39 is 0 Å². The van der Waals surface area contributed by atoms with Gasteiger partial charge in [-0.1, -0.05) is 12.2 Å². The van der Waals surface area contributed by atoms with Crippen LogP contribution < -0.4 is 10.2 Å². The van der Waals surface area contributed by atoms with Gasteiger partial charge in [-0.25, -0.2) is 0 Å². The molecule has 3 aliphatic rings. The van der Waals surface area contributed by atoms with Gasteiger partial charge in [-0.05, 0) is 49.9 Å². The van der Waals surface area contributed by atoms with Crippen LogP contribution in [0.15, 0.2) is 36.4 Å². The number of hydrogen-bond donors (Lipinski definition) is 1. The van der Waals surface area contributed by atoms with E-state index in [0.29, 0.717) is 30.6 Å². The summed E-state index contributed by atoms with van der Waals surface area (Å²) in [5.41, 5.74) is 1.04. The number of imide groups is 1. The first-order valence-corrected chi connectivity index (χ1v) is 9.18. The van der Waals surface area contributed by atoms with Crippen molar-refractivity contribution in [2.45, 2.75) is 31.8 Å². The molecule has 6 nitrogen and oxygen atoms in total. The maximum atomic E-state index is 12.6. The maximum Gasteiger partial charge on any atom is 0.251 e. The standard InChI is InChI=1S/C20H22N2O4/c23-18(21-12-15-4-3-11-26-15)13-7-9-14(10-8-13)22-19(24)16-5-1-2-6-17(16)20(22)25/h1-2,7-10,15-17H,3-6,11-12H2,(H,21,23)/t15-,16-,17+/m0/s1. The molecule has 3 amide bonds. The molecular weight excluding hydrogens is 332 g/mol. The van der Waals surface area contributed by atoms with E-state index in [4.69, 9.17) is 4.74 Å². The number of hydrogen-bond acceptors (Lipinski definition) is 4. The number of ether oxygens (including phenoxy) is 1. The van der Waals surface area contributed by atoms with Gasteiger partial charge in [0.1, 0.15) is 0 Å². The number of carbonyl (C=O) groups is 3. The molecule has 0 aromatic heterocycles. The Bertz CT molecular complexity index is 724. The van der Waals surface area contributed by atoms with Gasteiger partial charge in [0.25, 0.3) is 5.91 Å². The molecule has 0 spiro atoms. The lowest BCUT2D eigenvalue weighted by atomic mass is 9.85. The van der Waals surface area contributed by atoms with Crippen molar-refractivity contribution in [3.63, 3.8) is 0 Å². The second-order valence-electron chi connectivity index (χ2n) is 7.06. The Morgan fingerprint density at radius 2 is 1.73 bits per heavy atom. The molecule has 26 heavy (non-hydrogen) atoms. The van der Waals surface area contributed by atoms with Crippen LogP contribution >= 0.6 is 0 Å². The Balaban J connectivity index is 1.43. The average molecular weight is 354 g/mol. The average Bonchev–Trinajstić information content (AvgIpc) is 3.28. The van der Waals surface area contributed by atoms with Gasteiger partial charge in [-0.2, -0.15) is 0 Å². The highest BCUT2D eigenvalue weighted by molar-refractivity contribution is 6.22. The van der Waals surface area contributed by atoms with Crippen LogP contribution in [-0.2, 0) is 14.3 Å². The van der Waals surface area contributed by atoms with Crippen LogP contribution in [0.2, 0.25) is 0 Å². The van der Waals surface area contributed by atoms with Gasteiger partial charge < -0.3 is 10.1 Å². The lowest BCUT2D eigenvalue weighted by molar-refractivity contribution is -0.122. The lowest BCUT2D eigenvalue weighted by Gasteiger charge is -2.15. The first-order valence-electron chi connectivity index (χ1n) is 9.18. The van der Waals surface area contributed by atoms with Gasteiger partial charge in [-0.15, -0.1) is 0 Å². The van der Waals surface area contributed by atoms with Crippen molar-refractivity contribution < 1.29 is 19.1 Å². The van der Waals surface area contributed by atoms with Crippen LogP contribution in [0.3, 0.4) is 0 Å². The number of nitrogens with zero attached hydrogens (tertiary/aromatic N) is 1. The van der Waals surface area contributed by atoms with E-state index in [2.05, 4.69) is 5.32 Å². The molecule has 1 N–H and O–H groups in total.